The Morgan fingerprint density at radius 3 is 2.82 bits per heavy atom. The first-order chi connectivity index (χ1) is 10.6. The van der Waals surface area contributed by atoms with Crippen molar-refractivity contribution < 1.29 is 9.15 Å². The summed E-state index contributed by atoms with van der Waals surface area (Å²) in [5, 5.41) is 10.1. The smallest absolute Gasteiger partial charge is 0.343 e. The Labute approximate surface area is 127 Å². The summed E-state index contributed by atoms with van der Waals surface area (Å²) in [7, 11) is 0. The summed E-state index contributed by atoms with van der Waals surface area (Å²) < 4.78 is 11.0. The number of nitrogens with two attached hydrogens (primary N) is 1. The van der Waals surface area contributed by atoms with Crippen LogP contribution in [0.1, 0.15) is 31.7 Å². The van der Waals surface area contributed by atoms with Gasteiger partial charge in [0.2, 0.25) is 5.88 Å². The van der Waals surface area contributed by atoms with Crippen molar-refractivity contribution in [3.05, 3.63) is 51.7 Å². The Bertz CT molecular complexity index is 874. The van der Waals surface area contributed by atoms with E-state index in [-0.39, 0.29) is 11.8 Å². The van der Waals surface area contributed by atoms with Crippen molar-refractivity contribution in [1.82, 2.24) is 0 Å². The number of hydrogen-bond acceptors (Lipinski definition) is 5. The molecule has 1 aromatic heterocycles. The number of nitrogens with zero attached hydrogens (tertiary/aromatic N) is 1. The minimum atomic E-state index is -0.473. The van der Waals surface area contributed by atoms with Crippen molar-refractivity contribution in [2.45, 2.75) is 26.2 Å². The van der Waals surface area contributed by atoms with E-state index in [4.69, 9.17) is 14.9 Å². The number of benzene rings is 1. The van der Waals surface area contributed by atoms with Gasteiger partial charge >= 0.3 is 5.63 Å². The van der Waals surface area contributed by atoms with Crippen LogP contribution < -0.4 is 16.1 Å². The molecule has 5 heteroatoms. The highest BCUT2D eigenvalue weighted by Crippen LogP contribution is 2.44. The van der Waals surface area contributed by atoms with Crippen LogP contribution in [-0.4, -0.2) is 0 Å². The fraction of sp³-hybridized carbons (Fsp3) is 0.294. The van der Waals surface area contributed by atoms with Crippen molar-refractivity contribution in [3.8, 4) is 11.8 Å². The SMILES string of the molecule is CC[C@@H](C)[C@H]1C(C#N)=C(N)Oc2c1c(=O)oc1ccccc21. The molecule has 22 heavy (non-hydrogen) atoms. The minimum Gasteiger partial charge on any atom is -0.439 e. The molecule has 0 saturated heterocycles. The van der Waals surface area contributed by atoms with E-state index in [2.05, 4.69) is 6.07 Å². The van der Waals surface area contributed by atoms with Crippen LogP contribution in [0.25, 0.3) is 11.0 Å². The molecule has 2 atom stereocenters. The molecule has 1 aliphatic heterocycles. The topological polar surface area (TPSA) is 89.3 Å². The highest BCUT2D eigenvalue weighted by Gasteiger charge is 2.36. The summed E-state index contributed by atoms with van der Waals surface area (Å²) in [6.07, 6.45) is 0.800. The van der Waals surface area contributed by atoms with Gasteiger partial charge in [-0.3, -0.25) is 0 Å². The van der Waals surface area contributed by atoms with E-state index < -0.39 is 11.5 Å². The van der Waals surface area contributed by atoms with Gasteiger partial charge in [0.1, 0.15) is 11.7 Å². The molecule has 0 radical (unpaired) electrons. The van der Waals surface area contributed by atoms with Gasteiger partial charge < -0.3 is 14.9 Å². The molecular weight excluding hydrogens is 280 g/mol. The largest absolute Gasteiger partial charge is 0.439 e. The summed E-state index contributed by atoms with van der Waals surface area (Å²) in [5.41, 5.74) is 6.59. The second-order valence-corrected chi connectivity index (χ2v) is 5.48. The molecule has 0 bridgehead atoms. The molecule has 5 nitrogen and oxygen atoms in total. The van der Waals surface area contributed by atoms with Crippen LogP contribution in [-0.2, 0) is 0 Å². The number of nitriles is 1. The maximum absolute atomic E-state index is 12.5. The number of rotatable bonds is 2. The van der Waals surface area contributed by atoms with Gasteiger partial charge in [0.25, 0.3) is 0 Å². The van der Waals surface area contributed by atoms with E-state index >= 15 is 0 Å². The second-order valence-electron chi connectivity index (χ2n) is 5.48. The first-order valence-electron chi connectivity index (χ1n) is 7.21. The number of ether oxygens (including phenoxy) is 1. The van der Waals surface area contributed by atoms with E-state index in [1.807, 2.05) is 26.0 Å². The third-order valence-corrected chi connectivity index (χ3v) is 4.23. The monoisotopic (exact) mass is 296 g/mol. The average Bonchev–Trinajstić information content (AvgIpc) is 2.53. The number of hydrogen-bond donors (Lipinski definition) is 1. The fourth-order valence-corrected chi connectivity index (χ4v) is 2.91. The quantitative estimate of drug-likeness (QED) is 0.860. The van der Waals surface area contributed by atoms with Crippen LogP contribution >= 0.6 is 0 Å². The van der Waals surface area contributed by atoms with Crippen LogP contribution in [0.15, 0.2) is 44.9 Å². The molecule has 0 spiro atoms. The van der Waals surface area contributed by atoms with Crippen molar-refractivity contribution >= 4 is 11.0 Å². The maximum Gasteiger partial charge on any atom is 0.343 e. The molecule has 1 aliphatic rings. The third kappa shape index (κ3) is 1.96. The minimum absolute atomic E-state index is 0.0658. The van der Waals surface area contributed by atoms with Gasteiger partial charge in [0, 0.05) is 5.92 Å². The third-order valence-electron chi connectivity index (χ3n) is 4.23. The summed E-state index contributed by atoms with van der Waals surface area (Å²) in [5.74, 6) is 0.143. The van der Waals surface area contributed by atoms with Crippen molar-refractivity contribution in [2.75, 3.05) is 0 Å². The van der Waals surface area contributed by atoms with E-state index in [0.29, 0.717) is 27.9 Å². The molecule has 0 aliphatic carbocycles. The average molecular weight is 296 g/mol. The lowest BCUT2D eigenvalue weighted by Gasteiger charge is -2.29. The molecule has 2 N–H and O–H groups in total. The van der Waals surface area contributed by atoms with E-state index in [9.17, 15) is 10.1 Å². The lowest BCUT2D eigenvalue weighted by atomic mass is 9.79. The first-order valence-corrected chi connectivity index (χ1v) is 7.21. The van der Waals surface area contributed by atoms with Gasteiger partial charge in [-0.05, 0) is 18.1 Å². The molecule has 3 rings (SSSR count). The lowest BCUT2D eigenvalue weighted by Crippen LogP contribution is -2.28. The molecule has 0 unspecified atom stereocenters. The van der Waals surface area contributed by atoms with Gasteiger partial charge in [-0.25, -0.2) is 4.79 Å². The Morgan fingerprint density at radius 1 is 1.41 bits per heavy atom. The molecule has 0 fully saturated rings. The molecule has 0 amide bonds. The molecule has 2 aromatic rings. The maximum atomic E-state index is 12.5. The van der Waals surface area contributed by atoms with Crippen LogP contribution in [0.5, 0.6) is 5.75 Å². The number of allylic oxidation sites excluding steroid dienone is 1. The Balaban J connectivity index is 2.38. The summed E-state index contributed by atoms with van der Waals surface area (Å²) >= 11 is 0. The van der Waals surface area contributed by atoms with Gasteiger partial charge in [-0.1, -0.05) is 32.4 Å². The van der Waals surface area contributed by atoms with Crippen LogP contribution in [0, 0.1) is 17.2 Å². The van der Waals surface area contributed by atoms with E-state index in [1.54, 1.807) is 12.1 Å². The summed E-state index contributed by atoms with van der Waals surface area (Å²) in [6.45, 7) is 3.99. The van der Waals surface area contributed by atoms with Crippen LogP contribution in [0.4, 0.5) is 0 Å². The molecule has 0 saturated carbocycles. The predicted octanol–water partition coefficient (Wildman–Crippen LogP) is 3.01. The van der Waals surface area contributed by atoms with Crippen molar-refractivity contribution in [3.63, 3.8) is 0 Å². The van der Waals surface area contributed by atoms with Gasteiger partial charge in [0.15, 0.2) is 5.75 Å². The number of para-hydroxylation sites is 1. The highest BCUT2D eigenvalue weighted by molar-refractivity contribution is 5.85. The zero-order chi connectivity index (χ0) is 15.9. The number of fused-ring (bicyclic) bond motifs is 3. The molecule has 2 heterocycles. The van der Waals surface area contributed by atoms with Crippen molar-refractivity contribution in [2.24, 2.45) is 11.7 Å². The van der Waals surface area contributed by atoms with Gasteiger partial charge in [0.05, 0.1) is 16.5 Å². The lowest BCUT2D eigenvalue weighted by molar-refractivity contribution is 0.355. The molecule has 112 valence electrons. The van der Waals surface area contributed by atoms with Crippen LogP contribution in [0.2, 0.25) is 0 Å². The normalized spacial score (nSPS) is 18.5. The second kappa shape index (κ2) is 5.23. The van der Waals surface area contributed by atoms with E-state index in [1.165, 1.54) is 0 Å². The van der Waals surface area contributed by atoms with Gasteiger partial charge in [-0.2, -0.15) is 5.26 Å². The standard InChI is InChI=1S/C17H16N2O3/c1-3-9(2)13-11(8-18)16(19)22-15-10-6-4-5-7-12(10)21-17(20)14(13)15/h4-7,9,13H,3,19H2,1-2H3/t9-,13+/m1/s1. The van der Waals surface area contributed by atoms with Crippen LogP contribution in [0.3, 0.4) is 0 Å². The Hall–Kier alpha value is -2.74. The zero-order valence-electron chi connectivity index (χ0n) is 12.4. The Kier molecular flexibility index (Phi) is 3.38. The van der Waals surface area contributed by atoms with Gasteiger partial charge in [-0.15, -0.1) is 0 Å². The molecular formula is C17H16N2O3. The predicted molar refractivity (Wildman–Crippen MR) is 82.1 cm³/mol. The fourth-order valence-electron chi connectivity index (χ4n) is 2.91. The first kappa shape index (κ1) is 14.2. The summed E-state index contributed by atoms with van der Waals surface area (Å²) in [4.78, 5) is 12.5. The van der Waals surface area contributed by atoms with Crippen molar-refractivity contribution in [1.29, 1.82) is 5.26 Å². The molecule has 1 aromatic carbocycles. The zero-order valence-corrected chi connectivity index (χ0v) is 12.4. The van der Waals surface area contributed by atoms with E-state index in [0.717, 1.165) is 6.42 Å². The Morgan fingerprint density at radius 2 is 2.14 bits per heavy atom. The highest BCUT2D eigenvalue weighted by atomic mass is 16.5. The summed E-state index contributed by atoms with van der Waals surface area (Å²) in [6, 6.07) is 9.23.